The molecule has 2 aliphatic heterocycles. The van der Waals surface area contributed by atoms with Crippen molar-refractivity contribution in [2.75, 3.05) is 26.2 Å². The molecule has 2 heterocycles. The second-order valence-corrected chi connectivity index (χ2v) is 5.30. The molecule has 0 aliphatic carbocycles. The molecule has 2 unspecified atom stereocenters. The molecule has 1 N–H and O–H groups in total. The third-order valence-electron chi connectivity index (χ3n) is 3.99. The van der Waals surface area contributed by atoms with Gasteiger partial charge in [0.05, 0.1) is 4.92 Å². The van der Waals surface area contributed by atoms with Crippen molar-refractivity contribution in [2.45, 2.75) is 6.54 Å². The average Bonchev–Trinajstić information content (AvgIpc) is 2.90. The Morgan fingerprint density at radius 1 is 1.33 bits per heavy atom. The van der Waals surface area contributed by atoms with Crippen molar-refractivity contribution in [3.63, 3.8) is 0 Å². The zero-order valence-electron chi connectivity index (χ0n) is 10.2. The highest BCUT2D eigenvalue weighted by atomic mass is 16.6. The number of likely N-dealkylation sites (tertiary alicyclic amines) is 1. The number of nitro groups is 1. The number of nitrogens with one attached hydrogen (secondary N) is 1. The molecule has 1 aromatic carbocycles. The highest BCUT2D eigenvalue weighted by Gasteiger charge is 2.35. The smallest absolute Gasteiger partial charge is 0.269 e. The Morgan fingerprint density at radius 2 is 2.06 bits per heavy atom. The van der Waals surface area contributed by atoms with E-state index in [1.807, 2.05) is 6.07 Å². The summed E-state index contributed by atoms with van der Waals surface area (Å²) >= 11 is 0. The molecular weight excluding hydrogens is 230 g/mol. The number of nitrogens with zero attached hydrogens (tertiary/aromatic N) is 2. The van der Waals surface area contributed by atoms with Gasteiger partial charge in [-0.3, -0.25) is 15.0 Å². The van der Waals surface area contributed by atoms with Gasteiger partial charge in [0.15, 0.2) is 0 Å². The van der Waals surface area contributed by atoms with E-state index >= 15 is 0 Å². The second kappa shape index (κ2) is 4.66. The quantitative estimate of drug-likeness (QED) is 0.645. The monoisotopic (exact) mass is 247 g/mol. The minimum atomic E-state index is -0.327. The van der Waals surface area contributed by atoms with Crippen LogP contribution in [0.15, 0.2) is 24.3 Å². The first kappa shape index (κ1) is 11.6. The summed E-state index contributed by atoms with van der Waals surface area (Å²) in [5.41, 5.74) is 1.23. The summed E-state index contributed by atoms with van der Waals surface area (Å²) in [6.07, 6.45) is 0. The first-order valence-electron chi connectivity index (χ1n) is 6.39. The molecule has 2 atom stereocenters. The number of non-ortho nitro benzene ring substituents is 1. The van der Waals surface area contributed by atoms with E-state index in [0.717, 1.165) is 50.1 Å². The molecule has 5 nitrogen and oxygen atoms in total. The van der Waals surface area contributed by atoms with Crippen molar-refractivity contribution in [1.82, 2.24) is 10.2 Å². The third kappa shape index (κ3) is 2.23. The van der Waals surface area contributed by atoms with Crippen LogP contribution in [-0.2, 0) is 6.54 Å². The van der Waals surface area contributed by atoms with Crippen LogP contribution in [0.25, 0.3) is 0 Å². The number of hydrogen-bond acceptors (Lipinski definition) is 4. The highest BCUT2D eigenvalue weighted by Crippen LogP contribution is 2.27. The van der Waals surface area contributed by atoms with Crippen molar-refractivity contribution in [3.8, 4) is 0 Å². The van der Waals surface area contributed by atoms with Crippen LogP contribution in [0.4, 0.5) is 5.69 Å². The Kier molecular flexibility index (Phi) is 3.01. The van der Waals surface area contributed by atoms with Crippen LogP contribution in [0, 0.1) is 22.0 Å². The number of fused-ring (bicyclic) bond motifs is 1. The summed E-state index contributed by atoms with van der Waals surface area (Å²) in [6.45, 7) is 5.29. The molecule has 2 aliphatic rings. The van der Waals surface area contributed by atoms with Gasteiger partial charge in [0, 0.05) is 31.8 Å². The minimum absolute atomic E-state index is 0.188. The maximum atomic E-state index is 10.7. The minimum Gasteiger partial charge on any atom is -0.316 e. The summed E-state index contributed by atoms with van der Waals surface area (Å²) in [5.74, 6) is 1.53. The highest BCUT2D eigenvalue weighted by molar-refractivity contribution is 5.34. The summed E-state index contributed by atoms with van der Waals surface area (Å²) in [4.78, 5) is 12.8. The van der Waals surface area contributed by atoms with Crippen molar-refractivity contribution in [2.24, 2.45) is 11.8 Å². The molecule has 96 valence electrons. The van der Waals surface area contributed by atoms with Crippen molar-refractivity contribution in [1.29, 1.82) is 0 Å². The van der Waals surface area contributed by atoms with E-state index in [1.54, 1.807) is 18.2 Å². The molecule has 0 amide bonds. The van der Waals surface area contributed by atoms with Gasteiger partial charge in [0.1, 0.15) is 0 Å². The Labute approximate surface area is 106 Å². The first-order valence-corrected chi connectivity index (χ1v) is 6.39. The fourth-order valence-corrected chi connectivity index (χ4v) is 3.11. The predicted molar refractivity (Wildman–Crippen MR) is 68.2 cm³/mol. The van der Waals surface area contributed by atoms with E-state index in [9.17, 15) is 10.1 Å². The van der Waals surface area contributed by atoms with Crippen LogP contribution >= 0.6 is 0 Å². The van der Waals surface area contributed by atoms with Crippen LogP contribution in [-0.4, -0.2) is 36.0 Å². The summed E-state index contributed by atoms with van der Waals surface area (Å²) in [5, 5.41) is 14.2. The van der Waals surface area contributed by atoms with Crippen LogP contribution in [0.3, 0.4) is 0 Å². The Morgan fingerprint density at radius 3 is 2.72 bits per heavy atom. The van der Waals surface area contributed by atoms with Gasteiger partial charge >= 0.3 is 0 Å². The topological polar surface area (TPSA) is 58.4 Å². The molecule has 1 aromatic rings. The lowest BCUT2D eigenvalue weighted by Crippen LogP contribution is -2.25. The zero-order chi connectivity index (χ0) is 12.5. The average molecular weight is 247 g/mol. The summed E-state index contributed by atoms with van der Waals surface area (Å²) in [7, 11) is 0. The molecule has 0 spiro atoms. The van der Waals surface area contributed by atoms with Gasteiger partial charge in [0.25, 0.3) is 5.69 Å². The molecule has 0 aromatic heterocycles. The van der Waals surface area contributed by atoms with Crippen molar-refractivity contribution in [3.05, 3.63) is 39.9 Å². The number of hydrogen-bond donors (Lipinski definition) is 1. The number of nitro benzene ring substituents is 1. The molecule has 0 radical (unpaired) electrons. The third-order valence-corrected chi connectivity index (χ3v) is 3.99. The summed E-state index contributed by atoms with van der Waals surface area (Å²) in [6, 6.07) is 6.98. The fourth-order valence-electron chi connectivity index (χ4n) is 3.11. The predicted octanol–water partition coefficient (Wildman–Crippen LogP) is 1.25. The molecule has 0 bridgehead atoms. The van der Waals surface area contributed by atoms with Gasteiger partial charge < -0.3 is 5.32 Å². The standard InChI is InChI=1S/C13H17N3O2/c17-16(18)13-3-1-2-10(4-13)7-15-8-11-5-14-6-12(11)9-15/h1-4,11-12,14H,5-9H2. The van der Waals surface area contributed by atoms with Gasteiger partial charge in [-0.15, -0.1) is 0 Å². The molecule has 5 heteroatoms. The zero-order valence-corrected chi connectivity index (χ0v) is 10.2. The summed E-state index contributed by atoms with van der Waals surface area (Å²) < 4.78 is 0. The molecule has 18 heavy (non-hydrogen) atoms. The van der Waals surface area contributed by atoms with Crippen molar-refractivity contribution >= 4 is 5.69 Å². The van der Waals surface area contributed by atoms with Crippen LogP contribution < -0.4 is 5.32 Å². The molecule has 2 fully saturated rings. The van der Waals surface area contributed by atoms with Crippen LogP contribution in [0.1, 0.15) is 5.56 Å². The maximum Gasteiger partial charge on any atom is 0.269 e. The van der Waals surface area contributed by atoms with E-state index in [1.165, 1.54) is 0 Å². The lowest BCUT2D eigenvalue weighted by atomic mass is 10.0. The number of rotatable bonds is 3. The first-order chi connectivity index (χ1) is 8.72. The van der Waals surface area contributed by atoms with Gasteiger partial charge in [-0.25, -0.2) is 0 Å². The second-order valence-electron chi connectivity index (χ2n) is 5.30. The lowest BCUT2D eigenvalue weighted by Gasteiger charge is -2.16. The Hall–Kier alpha value is -1.46. The fraction of sp³-hybridized carbons (Fsp3) is 0.538. The number of benzene rings is 1. The van der Waals surface area contributed by atoms with Crippen molar-refractivity contribution < 1.29 is 4.92 Å². The van der Waals surface area contributed by atoms with Gasteiger partial charge in [-0.05, 0) is 30.5 Å². The SMILES string of the molecule is O=[N+]([O-])c1cccc(CN2CC3CNCC3C2)c1. The Bertz CT molecular complexity index is 451. The van der Waals surface area contributed by atoms with Crippen LogP contribution in [0.2, 0.25) is 0 Å². The van der Waals surface area contributed by atoms with E-state index in [4.69, 9.17) is 0 Å². The van der Waals surface area contributed by atoms with Crippen LogP contribution in [0.5, 0.6) is 0 Å². The largest absolute Gasteiger partial charge is 0.316 e. The molecule has 3 rings (SSSR count). The van der Waals surface area contributed by atoms with Gasteiger partial charge in [-0.1, -0.05) is 12.1 Å². The maximum absolute atomic E-state index is 10.7. The van der Waals surface area contributed by atoms with E-state index < -0.39 is 0 Å². The lowest BCUT2D eigenvalue weighted by molar-refractivity contribution is -0.384. The van der Waals surface area contributed by atoms with Gasteiger partial charge in [-0.2, -0.15) is 0 Å². The van der Waals surface area contributed by atoms with Gasteiger partial charge in [0.2, 0.25) is 0 Å². The Balaban J connectivity index is 1.66. The normalized spacial score (nSPS) is 27.3. The van der Waals surface area contributed by atoms with E-state index in [0.29, 0.717) is 0 Å². The molecule has 0 saturated carbocycles. The van der Waals surface area contributed by atoms with E-state index in [2.05, 4.69) is 10.2 Å². The molecular formula is C13H17N3O2. The molecule has 2 saturated heterocycles. The van der Waals surface area contributed by atoms with E-state index in [-0.39, 0.29) is 10.6 Å².